The van der Waals surface area contributed by atoms with Crippen LogP contribution in [0.5, 0.6) is 0 Å². The van der Waals surface area contributed by atoms with Crippen molar-refractivity contribution in [3.8, 4) is 0 Å². The predicted octanol–water partition coefficient (Wildman–Crippen LogP) is 3.35. The Morgan fingerprint density at radius 2 is 1.75 bits per heavy atom. The van der Waals surface area contributed by atoms with E-state index in [1.165, 1.54) is 0 Å². The molecule has 114 valence electrons. The number of benzene rings is 1. The topological polar surface area (TPSA) is 66.4 Å². The zero-order valence-electron chi connectivity index (χ0n) is 11.7. The molecule has 2 N–H and O–H groups in total. The van der Waals surface area contributed by atoms with Gasteiger partial charge in [0.1, 0.15) is 0 Å². The summed E-state index contributed by atoms with van der Waals surface area (Å²) in [5.41, 5.74) is -0.0731. The quantitative estimate of drug-likeness (QED) is 0.729. The largest absolute Gasteiger partial charge is 0.389 e. The zero-order valence-corrected chi connectivity index (χ0v) is 15.7. The fourth-order valence-corrected chi connectivity index (χ4v) is 4.44. The van der Waals surface area contributed by atoms with Gasteiger partial charge in [0.15, 0.2) is 0 Å². The number of hydrogen-bond donors (Lipinski definition) is 2. The van der Waals surface area contributed by atoms with Crippen LogP contribution in [0, 0.1) is 6.92 Å². The van der Waals surface area contributed by atoms with Gasteiger partial charge in [-0.15, -0.1) is 0 Å². The summed E-state index contributed by atoms with van der Waals surface area (Å²) in [5.74, 6) is 0. The molecule has 0 saturated heterocycles. The molecule has 0 saturated carbocycles. The molecule has 0 unspecified atom stereocenters. The molecule has 20 heavy (non-hydrogen) atoms. The van der Waals surface area contributed by atoms with Crippen molar-refractivity contribution in [2.45, 2.75) is 44.1 Å². The van der Waals surface area contributed by atoms with Crippen molar-refractivity contribution in [1.82, 2.24) is 4.72 Å². The van der Waals surface area contributed by atoms with Crippen LogP contribution in [0.25, 0.3) is 0 Å². The lowest BCUT2D eigenvalue weighted by Crippen LogP contribution is -2.42. The molecule has 1 rings (SSSR count). The molecule has 0 radical (unpaired) electrons. The first-order chi connectivity index (χ1) is 9.15. The lowest BCUT2D eigenvalue weighted by atomic mass is 9.98. The Kier molecular flexibility index (Phi) is 6.22. The van der Waals surface area contributed by atoms with Crippen molar-refractivity contribution in [3.63, 3.8) is 0 Å². The molecule has 0 aliphatic rings. The van der Waals surface area contributed by atoms with Crippen LogP contribution in [0.1, 0.15) is 32.3 Å². The van der Waals surface area contributed by atoms with Gasteiger partial charge in [0, 0.05) is 15.5 Å². The summed E-state index contributed by atoms with van der Waals surface area (Å²) in [6.45, 7) is 5.54. The molecule has 0 heterocycles. The molecule has 0 amide bonds. The van der Waals surface area contributed by atoms with E-state index in [4.69, 9.17) is 0 Å². The van der Waals surface area contributed by atoms with Gasteiger partial charge in [-0.25, -0.2) is 13.1 Å². The van der Waals surface area contributed by atoms with Gasteiger partial charge >= 0.3 is 0 Å². The Labute approximate surface area is 137 Å². The second kappa shape index (κ2) is 6.87. The average Bonchev–Trinajstić information content (AvgIpc) is 2.40. The molecule has 0 atom stereocenters. The number of aryl methyl sites for hydroxylation is 1. The standard InChI is InChI=1S/C13H19Br2NO3S/c1-4-13(17,5-2)8-16-20(18,19)12-7-10(14)9(3)6-11(12)15/h6-7,16-17H,4-5,8H2,1-3H3. The number of sulfonamides is 1. The summed E-state index contributed by atoms with van der Waals surface area (Å²) >= 11 is 6.60. The van der Waals surface area contributed by atoms with E-state index in [1.807, 2.05) is 20.8 Å². The maximum atomic E-state index is 12.3. The van der Waals surface area contributed by atoms with Gasteiger partial charge in [0.2, 0.25) is 10.0 Å². The van der Waals surface area contributed by atoms with Gasteiger partial charge in [-0.05, 0) is 53.4 Å². The predicted molar refractivity (Wildman–Crippen MR) is 87.3 cm³/mol. The Hall–Kier alpha value is 0.0500. The van der Waals surface area contributed by atoms with E-state index >= 15 is 0 Å². The van der Waals surface area contributed by atoms with Gasteiger partial charge in [-0.1, -0.05) is 29.8 Å². The Morgan fingerprint density at radius 3 is 2.25 bits per heavy atom. The van der Waals surface area contributed by atoms with Crippen molar-refractivity contribution in [2.75, 3.05) is 6.54 Å². The fourth-order valence-electron chi connectivity index (χ4n) is 1.64. The molecule has 0 bridgehead atoms. The molecule has 0 aliphatic carbocycles. The van der Waals surface area contributed by atoms with Gasteiger partial charge < -0.3 is 5.11 Å². The molecule has 1 aromatic carbocycles. The average molecular weight is 429 g/mol. The van der Waals surface area contributed by atoms with Crippen LogP contribution >= 0.6 is 31.9 Å². The van der Waals surface area contributed by atoms with E-state index in [0.29, 0.717) is 17.3 Å². The van der Waals surface area contributed by atoms with E-state index in [-0.39, 0.29) is 11.4 Å². The SMILES string of the molecule is CCC(O)(CC)CNS(=O)(=O)c1cc(Br)c(C)cc1Br. The summed E-state index contributed by atoms with van der Waals surface area (Å²) in [4.78, 5) is 0.157. The lowest BCUT2D eigenvalue weighted by molar-refractivity contribution is 0.0377. The van der Waals surface area contributed by atoms with Crippen molar-refractivity contribution >= 4 is 41.9 Å². The first kappa shape index (κ1) is 18.1. The van der Waals surface area contributed by atoms with Gasteiger partial charge in [0.05, 0.1) is 10.5 Å². The second-order valence-electron chi connectivity index (χ2n) is 4.79. The number of nitrogens with one attached hydrogen (secondary N) is 1. The van der Waals surface area contributed by atoms with Crippen LogP contribution in [0.4, 0.5) is 0 Å². The van der Waals surface area contributed by atoms with Gasteiger partial charge in [0.25, 0.3) is 0 Å². The number of hydrogen-bond acceptors (Lipinski definition) is 3. The molecule has 0 fully saturated rings. The second-order valence-corrected chi connectivity index (χ2v) is 8.23. The molecule has 0 aromatic heterocycles. The lowest BCUT2D eigenvalue weighted by Gasteiger charge is -2.25. The van der Waals surface area contributed by atoms with E-state index in [2.05, 4.69) is 36.6 Å². The van der Waals surface area contributed by atoms with Crippen LogP contribution in [-0.4, -0.2) is 25.7 Å². The summed E-state index contributed by atoms with van der Waals surface area (Å²) in [6.07, 6.45) is 0.982. The minimum Gasteiger partial charge on any atom is -0.389 e. The fraction of sp³-hybridized carbons (Fsp3) is 0.538. The van der Waals surface area contributed by atoms with Crippen molar-refractivity contribution in [3.05, 3.63) is 26.6 Å². The van der Waals surface area contributed by atoms with Crippen LogP contribution in [0.2, 0.25) is 0 Å². The van der Waals surface area contributed by atoms with Crippen LogP contribution in [0.3, 0.4) is 0 Å². The molecule has 0 spiro atoms. The highest BCUT2D eigenvalue weighted by molar-refractivity contribution is 9.11. The number of halogens is 2. The molecular formula is C13H19Br2NO3S. The number of aliphatic hydroxyl groups is 1. The summed E-state index contributed by atoms with van der Waals surface area (Å²) in [7, 11) is -3.67. The monoisotopic (exact) mass is 427 g/mol. The molecule has 1 aromatic rings. The minimum absolute atomic E-state index is 0.000267. The highest BCUT2D eigenvalue weighted by Crippen LogP contribution is 2.29. The Morgan fingerprint density at radius 1 is 1.20 bits per heavy atom. The highest BCUT2D eigenvalue weighted by Gasteiger charge is 2.26. The van der Waals surface area contributed by atoms with Crippen molar-refractivity contribution < 1.29 is 13.5 Å². The van der Waals surface area contributed by atoms with E-state index in [9.17, 15) is 13.5 Å². The normalized spacial score (nSPS) is 12.7. The third-order valence-electron chi connectivity index (χ3n) is 3.41. The van der Waals surface area contributed by atoms with Crippen LogP contribution < -0.4 is 4.72 Å². The number of rotatable bonds is 6. The minimum atomic E-state index is -3.67. The summed E-state index contributed by atoms with van der Waals surface area (Å²) in [6, 6.07) is 3.29. The first-order valence-electron chi connectivity index (χ1n) is 6.33. The summed E-state index contributed by atoms with van der Waals surface area (Å²) < 4.78 is 28.3. The van der Waals surface area contributed by atoms with E-state index in [1.54, 1.807) is 12.1 Å². The molecule has 0 aliphatic heterocycles. The summed E-state index contributed by atoms with van der Waals surface area (Å²) in [5, 5.41) is 10.2. The first-order valence-corrected chi connectivity index (χ1v) is 9.40. The smallest absolute Gasteiger partial charge is 0.241 e. The zero-order chi connectivity index (χ0) is 15.6. The third kappa shape index (κ3) is 4.27. The highest BCUT2D eigenvalue weighted by atomic mass is 79.9. The van der Waals surface area contributed by atoms with E-state index < -0.39 is 15.6 Å². The Balaban J connectivity index is 3.04. The maximum Gasteiger partial charge on any atom is 0.241 e. The van der Waals surface area contributed by atoms with Gasteiger partial charge in [-0.2, -0.15) is 0 Å². The third-order valence-corrected chi connectivity index (χ3v) is 6.62. The molecular weight excluding hydrogens is 410 g/mol. The van der Waals surface area contributed by atoms with Gasteiger partial charge in [-0.3, -0.25) is 0 Å². The van der Waals surface area contributed by atoms with Crippen LogP contribution in [0.15, 0.2) is 26.0 Å². The maximum absolute atomic E-state index is 12.3. The van der Waals surface area contributed by atoms with E-state index in [0.717, 1.165) is 10.0 Å². The van der Waals surface area contributed by atoms with Crippen molar-refractivity contribution in [1.29, 1.82) is 0 Å². The molecule has 4 nitrogen and oxygen atoms in total. The van der Waals surface area contributed by atoms with Crippen molar-refractivity contribution in [2.24, 2.45) is 0 Å². The Bertz CT molecular complexity index is 584. The molecule has 7 heteroatoms. The van der Waals surface area contributed by atoms with Crippen LogP contribution in [-0.2, 0) is 10.0 Å².